The van der Waals surface area contributed by atoms with Gasteiger partial charge in [-0.2, -0.15) is 5.10 Å². The van der Waals surface area contributed by atoms with Crippen LogP contribution < -0.4 is 10.2 Å². The summed E-state index contributed by atoms with van der Waals surface area (Å²) in [6, 6.07) is 15.3. The molecule has 0 radical (unpaired) electrons. The molecule has 0 unspecified atom stereocenters. The molecule has 3 N–H and O–H groups in total. The van der Waals surface area contributed by atoms with E-state index in [-0.39, 0.29) is 5.91 Å². The summed E-state index contributed by atoms with van der Waals surface area (Å²) in [7, 11) is 0. The highest BCUT2D eigenvalue weighted by atomic mass is 35.5. The van der Waals surface area contributed by atoms with Crippen LogP contribution in [0.1, 0.15) is 23.2 Å². The van der Waals surface area contributed by atoms with Crippen LogP contribution in [0.5, 0.6) is 0 Å². The number of carbonyl (C=O) groups excluding carboxylic acids is 1. The first kappa shape index (κ1) is 19.6. The normalized spacial score (nSPS) is 14.8. The minimum absolute atomic E-state index is 0.0427. The largest absolute Gasteiger partial charge is 0.355 e. The summed E-state index contributed by atoms with van der Waals surface area (Å²) in [5, 5.41) is 11.4. The Balaban J connectivity index is 1.14. The number of aromatic nitrogens is 4. The van der Waals surface area contributed by atoms with E-state index < -0.39 is 0 Å². The number of aromatic amines is 2. The van der Waals surface area contributed by atoms with Gasteiger partial charge in [-0.3, -0.25) is 9.89 Å². The summed E-state index contributed by atoms with van der Waals surface area (Å²) in [5.74, 6) is 1.38. The number of halogens is 1. The summed E-state index contributed by atoms with van der Waals surface area (Å²) in [6.45, 7) is 2.53. The van der Waals surface area contributed by atoms with E-state index in [1.54, 1.807) is 6.33 Å². The maximum absolute atomic E-state index is 12.5. The van der Waals surface area contributed by atoms with Crippen molar-refractivity contribution in [1.29, 1.82) is 0 Å². The third kappa shape index (κ3) is 4.27. The Bertz CT molecular complexity index is 1190. The Kier molecular flexibility index (Phi) is 5.34. The van der Waals surface area contributed by atoms with Crippen LogP contribution in [0, 0.1) is 5.92 Å². The standard InChI is InChI=1S/C23H23ClN6O/c24-18-4-1-16(2-5-18)20-12-22(29-28-20)30-9-7-15(8-10-30)13-25-23(31)17-3-6-19-21(11-17)27-14-26-19/h1-6,11-12,14-15H,7-10,13H2,(H,25,31)(H,26,27)(H,28,29). The fourth-order valence-electron chi connectivity index (χ4n) is 4.03. The van der Waals surface area contributed by atoms with Crippen LogP contribution in [-0.4, -0.2) is 45.7 Å². The van der Waals surface area contributed by atoms with Gasteiger partial charge in [0.25, 0.3) is 5.91 Å². The van der Waals surface area contributed by atoms with E-state index in [4.69, 9.17) is 11.6 Å². The van der Waals surface area contributed by atoms with Crippen LogP contribution in [0.4, 0.5) is 5.82 Å². The zero-order chi connectivity index (χ0) is 21.2. The highest BCUT2D eigenvalue weighted by Gasteiger charge is 2.22. The number of carbonyl (C=O) groups is 1. The lowest BCUT2D eigenvalue weighted by Gasteiger charge is -2.32. The van der Waals surface area contributed by atoms with Crippen molar-refractivity contribution >= 4 is 34.4 Å². The number of anilines is 1. The first-order valence-corrected chi connectivity index (χ1v) is 10.8. The van der Waals surface area contributed by atoms with Gasteiger partial charge >= 0.3 is 0 Å². The molecule has 1 saturated heterocycles. The second-order valence-corrected chi connectivity index (χ2v) is 8.36. The number of hydrogen-bond donors (Lipinski definition) is 3. The molecule has 0 spiro atoms. The zero-order valence-corrected chi connectivity index (χ0v) is 17.7. The SMILES string of the molecule is O=C(NCC1CCN(c2cc(-c3ccc(Cl)cc3)[nH]n2)CC1)c1ccc2nc[nH]c2c1. The van der Waals surface area contributed by atoms with E-state index >= 15 is 0 Å². The number of imidazole rings is 1. The molecule has 0 atom stereocenters. The number of nitrogens with zero attached hydrogens (tertiary/aromatic N) is 3. The molecule has 0 aliphatic carbocycles. The summed E-state index contributed by atoms with van der Waals surface area (Å²) >= 11 is 5.97. The molecule has 31 heavy (non-hydrogen) atoms. The molecule has 3 heterocycles. The van der Waals surface area contributed by atoms with E-state index in [0.29, 0.717) is 18.0 Å². The van der Waals surface area contributed by atoms with Gasteiger partial charge in [0.1, 0.15) is 0 Å². The third-order valence-corrected chi connectivity index (χ3v) is 6.14. The predicted octanol–water partition coefficient (Wildman–Crippen LogP) is 4.25. The molecule has 1 aliphatic rings. The number of hydrogen-bond acceptors (Lipinski definition) is 4. The van der Waals surface area contributed by atoms with E-state index in [1.165, 1.54) is 0 Å². The molecule has 158 valence electrons. The molecule has 1 fully saturated rings. The molecule has 2 aromatic heterocycles. The molecule has 2 aromatic carbocycles. The van der Waals surface area contributed by atoms with Crippen molar-refractivity contribution < 1.29 is 4.79 Å². The van der Waals surface area contributed by atoms with Crippen LogP contribution in [-0.2, 0) is 0 Å². The van der Waals surface area contributed by atoms with Gasteiger partial charge < -0.3 is 15.2 Å². The fraction of sp³-hybridized carbons (Fsp3) is 0.261. The molecular formula is C23H23ClN6O. The monoisotopic (exact) mass is 434 g/mol. The van der Waals surface area contributed by atoms with E-state index in [2.05, 4.69) is 36.4 Å². The van der Waals surface area contributed by atoms with E-state index in [9.17, 15) is 4.79 Å². The smallest absolute Gasteiger partial charge is 0.251 e. The number of piperidine rings is 1. The summed E-state index contributed by atoms with van der Waals surface area (Å²) < 4.78 is 0. The van der Waals surface area contributed by atoms with Crippen molar-refractivity contribution in [3.8, 4) is 11.3 Å². The maximum atomic E-state index is 12.5. The van der Waals surface area contributed by atoms with E-state index in [0.717, 1.165) is 59.1 Å². The van der Waals surface area contributed by atoms with Crippen molar-refractivity contribution in [1.82, 2.24) is 25.5 Å². The average molecular weight is 435 g/mol. The van der Waals surface area contributed by atoms with Crippen molar-refractivity contribution in [2.24, 2.45) is 5.92 Å². The predicted molar refractivity (Wildman–Crippen MR) is 122 cm³/mol. The minimum atomic E-state index is -0.0427. The van der Waals surface area contributed by atoms with Gasteiger partial charge in [0.15, 0.2) is 5.82 Å². The summed E-state index contributed by atoms with van der Waals surface area (Å²) in [6.07, 6.45) is 3.67. The van der Waals surface area contributed by atoms with Crippen molar-refractivity contribution in [3.05, 3.63) is 65.4 Å². The molecule has 5 rings (SSSR count). The summed E-state index contributed by atoms with van der Waals surface area (Å²) in [4.78, 5) is 22.0. The highest BCUT2D eigenvalue weighted by molar-refractivity contribution is 6.30. The molecule has 1 amide bonds. The maximum Gasteiger partial charge on any atom is 0.251 e. The van der Waals surface area contributed by atoms with Crippen LogP contribution in [0.15, 0.2) is 54.9 Å². The molecule has 1 aliphatic heterocycles. The lowest BCUT2D eigenvalue weighted by Crippen LogP contribution is -2.38. The van der Waals surface area contributed by atoms with Crippen LogP contribution >= 0.6 is 11.6 Å². The minimum Gasteiger partial charge on any atom is -0.355 e. The van der Waals surface area contributed by atoms with Gasteiger partial charge in [0.05, 0.1) is 23.1 Å². The van der Waals surface area contributed by atoms with E-state index in [1.807, 2.05) is 42.5 Å². The number of nitrogens with one attached hydrogen (secondary N) is 3. The Labute approximate surface area is 184 Å². The van der Waals surface area contributed by atoms with Crippen LogP contribution in [0.3, 0.4) is 0 Å². The van der Waals surface area contributed by atoms with Crippen LogP contribution in [0.25, 0.3) is 22.3 Å². The van der Waals surface area contributed by atoms with Gasteiger partial charge in [-0.25, -0.2) is 4.98 Å². The van der Waals surface area contributed by atoms with Gasteiger partial charge in [-0.15, -0.1) is 0 Å². The highest BCUT2D eigenvalue weighted by Crippen LogP contribution is 2.26. The number of rotatable bonds is 5. The number of benzene rings is 2. The number of amides is 1. The molecular weight excluding hydrogens is 412 g/mol. The number of fused-ring (bicyclic) bond motifs is 1. The fourth-order valence-corrected chi connectivity index (χ4v) is 4.16. The molecule has 7 nitrogen and oxygen atoms in total. The second-order valence-electron chi connectivity index (χ2n) is 7.92. The molecule has 4 aromatic rings. The van der Waals surface area contributed by atoms with Crippen LogP contribution in [0.2, 0.25) is 5.02 Å². The van der Waals surface area contributed by atoms with Gasteiger partial charge in [0.2, 0.25) is 0 Å². The zero-order valence-electron chi connectivity index (χ0n) is 16.9. The Hall–Kier alpha value is -3.32. The van der Waals surface area contributed by atoms with Crippen molar-refractivity contribution in [2.75, 3.05) is 24.5 Å². The van der Waals surface area contributed by atoms with Gasteiger partial charge in [0, 0.05) is 36.3 Å². The Morgan fingerprint density at radius 2 is 1.94 bits per heavy atom. The molecule has 0 saturated carbocycles. The Morgan fingerprint density at radius 1 is 1.13 bits per heavy atom. The van der Waals surface area contributed by atoms with Crippen molar-refractivity contribution in [3.63, 3.8) is 0 Å². The Morgan fingerprint density at radius 3 is 2.74 bits per heavy atom. The topological polar surface area (TPSA) is 89.7 Å². The van der Waals surface area contributed by atoms with Gasteiger partial charge in [-0.1, -0.05) is 23.7 Å². The number of H-pyrrole nitrogens is 2. The van der Waals surface area contributed by atoms with Crippen molar-refractivity contribution in [2.45, 2.75) is 12.8 Å². The lowest BCUT2D eigenvalue weighted by molar-refractivity contribution is 0.0945. The first-order valence-electron chi connectivity index (χ1n) is 10.4. The molecule has 8 heteroatoms. The lowest BCUT2D eigenvalue weighted by atomic mass is 9.96. The van der Waals surface area contributed by atoms with Gasteiger partial charge in [-0.05, 0) is 54.7 Å². The second kappa shape index (κ2) is 8.43. The first-order chi connectivity index (χ1) is 15.2. The average Bonchev–Trinajstić information content (AvgIpc) is 3.48. The quantitative estimate of drug-likeness (QED) is 0.438. The third-order valence-electron chi connectivity index (χ3n) is 5.89. The molecule has 0 bridgehead atoms. The summed E-state index contributed by atoms with van der Waals surface area (Å²) in [5.41, 5.74) is 4.43.